The van der Waals surface area contributed by atoms with Crippen LogP contribution in [0.1, 0.15) is 43.3 Å². The molecule has 0 saturated carbocycles. The highest BCUT2D eigenvalue weighted by Crippen LogP contribution is 2.38. The standard InChI is InChI=1S/C28H33ClN8O3/c1-5-6-11-23-31-25(29)24(28(36(2)3,16-22(30)38)27(39)40-4)37(23)17-18-12-14-19(15-13-18)20-9-7-8-10-21(20)26-32-34-35-33-26/h7-10,12-15H,5-6,11,16-17H2,1-4H3,(H2,30,38)(H,32,33,34,35)/t28-/m1/s1. The highest BCUT2D eigenvalue weighted by atomic mass is 35.5. The summed E-state index contributed by atoms with van der Waals surface area (Å²) in [6, 6.07) is 15.9. The third-order valence-corrected chi connectivity index (χ3v) is 7.25. The third kappa shape index (κ3) is 5.61. The number of benzene rings is 2. The van der Waals surface area contributed by atoms with Gasteiger partial charge in [0.15, 0.2) is 10.7 Å². The van der Waals surface area contributed by atoms with E-state index in [9.17, 15) is 9.59 Å². The molecule has 4 rings (SSSR count). The SMILES string of the molecule is CCCCc1nc(Cl)c([C@](CC(N)=O)(C(=O)OC)N(C)C)n1Cc1ccc(-c2ccccc2-c2nn[nH]n2)cc1. The van der Waals surface area contributed by atoms with E-state index in [2.05, 4.69) is 32.5 Å². The minimum atomic E-state index is -1.56. The van der Waals surface area contributed by atoms with Crippen LogP contribution in [0.5, 0.6) is 0 Å². The van der Waals surface area contributed by atoms with Crippen molar-refractivity contribution < 1.29 is 14.3 Å². The van der Waals surface area contributed by atoms with Crippen molar-refractivity contribution in [2.75, 3.05) is 21.2 Å². The number of aromatic nitrogens is 6. The van der Waals surface area contributed by atoms with Crippen LogP contribution >= 0.6 is 11.6 Å². The highest BCUT2D eigenvalue weighted by molar-refractivity contribution is 6.30. The number of carbonyl (C=O) groups is 2. The molecule has 1 atom stereocenters. The number of likely N-dealkylation sites (N-methyl/N-ethyl adjacent to an activating group) is 1. The zero-order valence-corrected chi connectivity index (χ0v) is 23.8. The number of aryl methyl sites for hydroxylation is 1. The van der Waals surface area contributed by atoms with E-state index in [1.54, 1.807) is 19.0 Å². The van der Waals surface area contributed by atoms with Crippen LogP contribution < -0.4 is 5.73 Å². The Bertz CT molecular complexity index is 1470. The number of tetrazole rings is 1. The Hall–Kier alpha value is -4.09. The van der Waals surface area contributed by atoms with Crippen molar-refractivity contribution >= 4 is 23.5 Å². The van der Waals surface area contributed by atoms with E-state index in [1.165, 1.54) is 7.11 Å². The number of imidazole rings is 1. The number of aromatic amines is 1. The molecule has 210 valence electrons. The van der Waals surface area contributed by atoms with E-state index in [-0.39, 0.29) is 11.6 Å². The molecule has 2 heterocycles. The molecule has 0 aliphatic carbocycles. The van der Waals surface area contributed by atoms with Gasteiger partial charge in [0.2, 0.25) is 11.7 Å². The van der Waals surface area contributed by atoms with Crippen molar-refractivity contribution in [1.29, 1.82) is 0 Å². The summed E-state index contributed by atoms with van der Waals surface area (Å²) in [6.07, 6.45) is 2.15. The number of esters is 1. The zero-order valence-electron chi connectivity index (χ0n) is 23.0. The number of ether oxygens (including phenoxy) is 1. The van der Waals surface area contributed by atoms with Crippen LogP contribution in [0.15, 0.2) is 48.5 Å². The number of carbonyl (C=O) groups excluding carboxylic acids is 2. The van der Waals surface area contributed by atoms with Crippen molar-refractivity contribution in [3.63, 3.8) is 0 Å². The minimum absolute atomic E-state index is 0.136. The molecule has 3 N–H and O–H groups in total. The first-order valence-corrected chi connectivity index (χ1v) is 13.3. The summed E-state index contributed by atoms with van der Waals surface area (Å²) >= 11 is 6.74. The van der Waals surface area contributed by atoms with Gasteiger partial charge in [-0.3, -0.25) is 9.69 Å². The van der Waals surface area contributed by atoms with Gasteiger partial charge in [-0.2, -0.15) is 5.21 Å². The number of amides is 1. The first kappa shape index (κ1) is 28.9. The molecule has 12 heteroatoms. The summed E-state index contributed by atoms with van der Waals surface area (Å²) in [5.41, 5.74) is 8.21. The van der Waals surface area contributed by atoms with Crippen LogP contribution in [0.2, 0.25) is 5.15 Å². The predicted octanol–water partition coefficient (Wildman–Crippen LogP) is 3.58. The van der Waals surface area contributed by atoms with Gasteiger partial charge in [0.05, 0.1) is 19.2 Å². The van der Waals surface area contributed by atoms with E-state index >= 15 is 0 Å². The smallest absolute Gasteiger partial charge is 0.333 e. The number of primary amides is 1. The van der Waals surface area contributed by atoms with E-state index in [4.69, 9.17) is 22.1 Å². The molecule has 2 aromatic carbocycles. The number of hydrogen-bond acceptors (Lipinski definition) is 8. The summed E-state index contributed by atoms with van der Waals surface area (Å²) in [5.74, 6) is -0.0827. The fourth-order valence-corrected chi connectivity index (χ4v) is 5.32. The van der Waals surface area contributed by atoms with Gasteiger partial charge < -0.3 is 15.0 Å². The lowest BCUT2D eigenvalue weighted by atomic mass is 9.89. The number of H-pyrrole nitrogens is 1. The van der Waals surface area contributed by atoms with Gasteiger partial charge in [-0.05, 0) is 42.4 Å². The van der Waals surface area contributed by atoms with Crippen LogP contribution in [-0.4, -0.2) is 68.2 Å². The average Bonchev–Trinajstić information content (AvgIpc) is 3.59. The summed E-state index contributed by atoms with van der Waals surface area (Å²) < 4.78 is 7.10. The van der Waals surface area contributed by atoms with Crippen LogP contribution in [0.25, 0.3) is 22.5 Å². The van der Waals surface area contributed by atoms with Gasteiger partial charge in [0.1, 0.15) is 5.82 Å². The average molecular weight is 565 g/mol. The van der Waals surface area contributed by atoms with Gasteiger partial charge in [-0.25, -0.2) is 9.78 Å². The first-order valence-electron chi connectivity index (χ1n) is 12.9. The Kier molecular flexibility index (Phi) is 8.96. The lowest BCUT2D eigenvalue weighted by molar-refractivity contribution is -0.157. The summed E-state index contributed by atoms with van der Waals surface area (Å²) in [5, 5.41) is 14.6. The van der Waals surface area contributed by atoms with Gasteiger partial charge in [0, 0.05) is 18.5 Å². The molecule has 0 spiro atoms. The molecule has 0 saturated heterocycles. The first-order chi connectivity index (χ1) is 19.2. The number of rotatable bonds is 12. The molecular weight excluding hydrogens is 532 g/mol. The van der Waals surface area contributed by atoms with Crippen molar-refractivity contribution in [3.05, 3.63) is 70.8 Å². The summed E-state index contributed by atoms with van der Waals surface area (Å²) in [7, 11) is 4.66. The third-order valence-electron chi connectivity index (χ3n) is 6.99. The molecular formula is C28H33ClN8O3. The Morgan fingerprint density at radius 1 is 1.12 bits per heavy atom. The number of methoxy groups -OCH3 is 1. The normalized spacial score (nSPS) is 12.8. The Morgan fingerprint density at radius 2 is 1.82 bits per heavy atom. The van der Waals surface area contributed by atoms with Crippen LogP contribution in [-0.2, 0) is 32.8 Å². The molecule has 0 bridgehead atoms. The molecule has 0 aliphatic heterocycles. The van der Waals surface area contributed by atoms with E-state index in [1.807, 2.05) is 53.1 Å². The second-order valence-electron chi connectivity index (χ2n) is 9.72. The van der Waals surface area contributed by atoms with E-state index in [0.717, 1.165) is 35.1 Å². The van der Waals surface area contributed by atoms with Gasteiger partial charge in [-0.15, -0.1) is 10.2 Å². The Balaban J connectivity index is 1.79. The van der Waals surface area contributed by atoms with Crippen molar-refractivity contribution in [2.45, 2.75) is 44.7 Å². The van der Waals surface area contributed by atoms with Crippen LogP contribution in [0.4, 0.5) is 0 Å². The number of nitrogens with one attached hydrogen (secondary N) is 1. The minimum Gasteiger partial charge on any atom is -0.467 e. The topological polar surface area (TPSA) is 145 Å². The molecule has 0 radical (unpaired) electrons. The van der Waals surface area contributed by atoms with Gasteiger partial charge in [-0.1, -0.05) is 73.5 Å². The molecule has 4 aromatic rings. The van der Waals surface area contributed by atoms with Gasteiger partial charge in [0.25, 0.3) is 0 Å². The fourth-order valence-electron chi connectivity index (χ4n) is 4.96. The zero-order chi connectivity index (χ0) is 28.9. The maximum atomic E-state index is 13.3. The van der Waals surface area contributed by atoms with Crippen LogP contribution in [0.3, 0.4) is 0 Å². The highest BCUT2D eigenvalue weighted by Gasteiger charge is 2.50. The lowest BCUT2D eigenvalue weighted by Crippen LogP contribution is -2.52. The van der Waals surface area contributed by atoms with Crippen molar-refractivity contribution in [2.24, 2.45) is 5.73 Å². The number of nitrogens with zero attached hydrogens (tertiary/aromatic N) is 6. The largest absolute Gasteiger partial charge is 0.467 e. The molecule has 1 amide bonds. The molecule has 0 aliphatic rings. The van der Waals surface area contributed by atoms with Crippen molar-refractivity contribution in [3.8, 4) is 22.5 Å². The lowest BCUT2D eigenvalue weighted by Gasteiger charge is -2.37. The summed E-state index contributed by atoms with van der Waals surface area (Å²) in [4.78, 5) is 31.8. The summed E-state index contributed by atoms with van der Waals surface area (Å²) in [6.45, 7) is 2.46. The molecule has 0 unspecified atom stereocenters. The number of hydrogen-bond donors (Lipinski definition) is 2. The fraction of sp³-hybridized carbons (Fsp3) is 0.357. The van der Waals surface area contributed by atoms with E-state index < -0.39 is 17.4 Å². The Morgan fingerprint density at radius 3 is 2.40 bits per heavy atom. The van der Waals surface area contributed by atoms with Gasteiger partial charge >= 0.3 is 5.97 Å². The van der Waals surface area contributed by atoms with E-state index in [0.29, 0.717) is 30.3 Å². The molecule has 0 fully saturated rings. The number of halogens is 1. The molecule has 40 heavy (non-hydrogen) atoms. The maximum absolute atomic E-state index is 13.3. The predicted molar refractivity (Wildman–Crippen MR) is 151 cm³/mol. The second kappa shape index (κ2) is 12.4. The molecule has 11 nitrogen and oxygen atoms in total. The molecule has 2 aromatic heterocycles. The second-order valence-corrected chi connectivity index (χ2v) is 10.1. The number of nitrogens with two attached hydrogens (primary N) is 1. The Labute approximate surface area is 237 Å². The van der Waals surface area contributed by atoms with Crippen molar-refractivity contribution in [1.82, 2.24) is 35.1 Å². The van der Waals surface area contributed by atoms with Crippen LogP contribution in [0, 0.1) is 0 Å². The number of unbranched alkanes of at least 4 members (excludes halogenated alkanes) is 1. The maximum Gasteiger partial charge on any atom is 0.333 e. The quantitative estimate of drug-likeness (QED) is 0.248. The monoisotopic (exact) mass is 564 g/mol.